The van der Waals surface area contributed by atoms with Crippen molar-refractivity contribution in [3.05, 3.63) is 71.0 Å². The Morgan fingerprint density at radius 3 is 2.31 bits per heavy atom. The number of nitrogens with zero attached hydrogens (tertiary/aromatic N) is 1. The van der Waals surface area contributed by atoms with Crippen LogP contribution >= 0.6 is 0 Å². The molecule has 1 unspecified atom stereocenters. The average molecular weight is 438 g/mol. The number of aliphatic hydroxyl groups is 1. The van der Waals surface area contributed by atoms with Crippen molar-refractivity contribution in [2.75, 3.05) is 7.11 Å². The molecule has 0 fully saturated rings. The second-order valence-electron chi connectivity index (χ2n) is 9.26. The standard InChI is InChI=1S/C26H31NO5/c1-16(2)32-20-9-7-8-18(14-20)22-21(24(29)26(3,4)5)23(28)25(30)27(22)15-17-10-12-19(31-6)13-11-17/h7-14,16,22,28H,15H2,1-6H3. The van der Waals surface area contributed by atoms with Gasteiger partial charge in [-0.1, -0.05) is 45.0 Å². The fourth-order valence-electron chi connectivity index (χ4n) is 3.76. The van der Waals surface area contributed by atoms with Crippen molar-refractivity contribution >= 4 is 11.7 Å². The molecule has 0 aromatic heterocycles. The second kappa shape index (κ2) is 9.07. The summed E-state index contributed by atoms with van der Waals surface area (Å²) >= 11 is 0. The number of benzene rings is 2. The van der Waals surface area contributed by atoms with E-state index in [1.807, 2.05) is 62.4 Å². The lowest BCUT2D eigenvalue weighted by Crippen LogP contribution is -2.32. The van der Waals surface area contributed by atoms with Gasteiger partial charge < -0.3 is 19.5 Å². The van der Waals surface area contributed by atoms with E-state index in [1.54, 1.807) is 27.9 Å². The third-order valence-electron chi connectivity index (χ3n) is 5.29. The van der Waals surface area contributed by atoms with Crippen molar-refractivity contribution in [2.45, 2.75) is 53.3 Å². The molecule has 1 aliphatic heterocycles. The summed E-state index contributed by atoms with van der Waals surface area (Å²) in [6, 6.07) is 14.0. The molecule has 0 aliphatic carbocycles. The van der Waals surface area contributed by atoms with Crippen LogP contribution in [0.2, 0.25) is 0 Å². The van der Waals surface area contributed by atoms with Gasteiger partial charge in [-0.05, 0) is 49.2 Å². The molecule has 0 bridgehead atoms. The molecule has 6 heteroatoms. The minimum atomic E-state index is -0.760. The van der Waals surface area contributed by atoms with Crippen molar-refractivity contribution in [3.63, 3.8) is 0 Å². The number of aliphatic hydroxyl groups excluding tert-OH is 1. The molecule has 32 heavy (non-hydrogen) atoms. The molecule has 0 saturated carbocycles. The van der Waals surface area contributed by atoms with Crippen molar-refractivity contribution < 1.29 is 24.2 Å². The molecule has 2 aromatic rings. The fourth-order valence-corrected chi connectivity index (χ4v) is 3.76. The van der Waals surface area contributed by atoms with E-state index in [-0.39, 0.29) is 24.0 Å². The predicted molar refractivity (Wildman–Crippen MR) is 123 cm³/mol. The highest BCUT2D eigenvalue weighted by atomic mass is 16.5. The Morgan fingerprint density at radius 1 is 1.09 bits per heavy atom. The van der Waals surface area contributed by atoms with Crippen LogP contribution in [-0.4, -0.2) is 34.9 Å². The van der Waals surface area contributed by atoms with Crippen LogP contribution in [0.5, 0.6) is 11.5 Å². The monoisotopic (exact) mass is 437 g/mol. The number of ketones is 1. The van der Waals surface area contributed by atoms with Crippen LogP contribution in [0.3, 0.4) is 0 Å². The molecule has 170 valence electrons. The summed E-state index contributed by atoms with van der Waals surface area (Å²) in [5.74, 6) is 0.0393. The first-order valence-electron chi connectivity index (χ1n) is 10.7. The number of Topliss-reactive ketones (excluding diaryl/α,β-unsaturated/α-hetero) is 1. The topological polar surface area (TPSA) is 76.1 Å². The molecule has 3 rings (SSSR count). The number of methoxy groups -OCH3 is 1. The van der Waals surface area contributed by atoms with E-state index in [0.29, 0.717) is 17.1 Å². The highest BCUT2D eigenvalue weighted by Gasteiger charge is 2.46. The van der Waals surface area contributed by atoms with Gasteiger partial charge in [0, 0.05) is 12.0 Å². The zero-order chi connectivity index (χ0) is 23.6. The molecule has 1 heterocycles. The number of amides is 1. The van der Waals surface area contributed by atoms with Crippen molar-refractivity contribution in [2.24, 2.45) is 5.41 Å². The van der Waals surface area contributed by atoms with Crippen LogP contribution in [0.15, 0.2) is 59.9 Å². The Bertz CT molecular complexity index is 1030. The maximum absolute atomic E-state index is 13.3. The molecular formula is C26H31NO5. The van der Waals surface area contributed by atoms with Crippen molar-refractivity contribution in [3.8, 4) is 11.5 Å². The van der Waals surface area contributed by atoms with Gasteiger partial charge in [0.2, 0.25) is 0 Å². The average Bonchev–Trinajstić information content (AvgIpc) is 2.97. The lowest BCUT2D eigenvalue weighted by molar-refractivity contribution is -0.130. The third-order valence-corrected chi connectivity index (χ3v) is 5.29. The number of hydrogen-bond donors (Lipinski definition) is 1. The van der Waals surface area contributed by atoms with E-state index in [9.17, 15) is 14.7 Å². The number of carbonyl (C=O) groups excluding carboxylic acids is 2. The van der Waals surface area contributed by atoms with Gasteiger partial charge in [-0.2, -0.15) is 0 Å². The highest BCUT2D eigenvalue weighted by molar-refractivity contribution is 6.10. The summed E-state index contributed by atoms with van der Waals surface area (Å²) in [5, 5.41) is 10.8. The van der Waals surface area contributed by atoms with Crippen LogP contribution < -0.4 is 9.47 Å². The van der Waals surface area contributed by atoms with Gasteiger partial charge in [-0.15, -0.1) is 0 Å². The Labute approximate surface area is 189 Å². The maximum atomic E-state index is 13.3. The second-order valence-corrected chi connectivity index (χ2v) is 9.26. The van der Waals surface area contributed by atoms with Crippen LogP contribution in [0.25, 0.3) is 0 Å². The molecule has 1 atom stereocenters. The summed E-state index contributed by atoms with van der Waals surface area (Å²) in [5.41, 5.74) is 0.930. The molecule has 6 nitrogen and oxygen atoms in total. The SMILES string of the molecule is COc1ccc(CN2C(=O)C(O)=C(C(=O)C(C)(C)C)C2c2cccc(OC(C)C)c2)cc1. The van der Waals surface area contributed by atoms with Crippen molar-refractivity contribution in [1.29, 1.82) is 0 Å². The summed E-state index contributed by atoms with van der Waals surface area (Å²) in [6.45, 7) is 9.43. The fraction of sp³-hybridized carbons (Fsp3) is 0.385. The van der Waals surface area contributed by atoms with E-state index in [4.69, 9.17) is 9.47 Å². The van der Waals surface area contributed by atoms with Crippen LogP contribution in [-0.2, 0) is 16.1 Å². The van der Waals surface area contributed by atoms with Gasteiger partial charge in [0.25, 0.3) is 5.91 Å². The molecule has 1 amide bonds. The smallest absolute Gasteiger partial charge is 0.290 e. The minimum absolute atomic E-state index is 0.0227. The van der Waals surface area contributed by atoms with E-state index in [2.05, 4.69) is 0 Å². The number of rotatable bonds is 7. The number of carbonyl (C=O) groups is 2. The normalized spacial score (nSPS) is 16.7. The van der Waals surface area contributed by atoms with E-state index < -0.39 is 23.1 Å². The summed E-state index contributed by atoms with van der Waals surface area (Å²) in [4.78, 5) is 28.0. The minimum Gasteiger partial charge on any atom is -0.503 e. The Hall–Kier alpha value is -3.28. The van der Waals surface area contributed by atoms with Gasteiger partial charge >= 0.3 is 0 Å². The van der Waals surface area contributed by atoms with Gasteiger partial charge in [0.15, 0.2) is 11.5 Å². The predicted octanol–water partition coefficient (Wildman–Crippen LogP) is 4.99. The van der Waals surface area contributed by atoms with Crippen LogP contribution in [0.4, 0.5) is 0 Å². The molecule has 0 radical (unpaired) electrons. The summed E-state index contributed by atoms with van der Waals surface area (Å²) in [7, 11) is 1.59. The van der Waals surface area contributed by atoms with E-state index in [0.717, 1.165) is 5.56 Å². The zero-order valence-corrected chi connectivity index (χ0v) is 19.5. The number of ether oxygens (including phenoxy) is 2. The first kappa shape index (κ1) is 23.4. The lowest BCUT2D eigenvalue weighted by Gasteiger charge is -2.29. The highest BCUT2D eigenvalue weighted by Crippen LogP contribution is 2.42. The lowest BCUT2D eigenvalue weighted by atomic mass is 9.82. The van der Waals surface area contributed by atoms with Crippen molar-refractivity contribution in [1.82, 2.24) is 4.90 Å². The number of hydrogen-bond acceptors (Lipinski definition) is 5. The van der Waals surface area contributed by atoms with Crippen LogP contribution in [0, 0.1) is 5.41 Å². The van der Waals surface area contributed by atoms with Gasteiger partial charge in [0.1, 0.15) is 11.5 Å². The quantitative estimate of drug-likeness (QED) is 0.660. The Kier molecular flexibility index (Phi) is 6.63. The summed E-state index contributed by atoms with van der Waals surface area (Å²) < 4.78 is 11.0. The molecule has 1 aliphatic rings. The first-order chi connectivity index (χ1) is 15.0. The Morgan fingerprint density at radius 2 is 1.75 bits per heavy atom. The van der Waals surface area contributed by atoms with Gasteiger partial charge in [-0.25, -0.2) is 0 Å². The van der Waals surface area contributed by atoms with Gasteiger partial charge in [0.05, 0.1) is 24.8 Å². The van der Waals surface area contributed by atoms with Gasteiger partial charge in [-0.3, -0.25) is 9.59 Å². The maximum Gasteiger partial charge on any atom is 0.290 e. The third kappa shape index (κ3) is 4.79. The Balaban J connectivity index is 2.07. The summed E-state index contributed by atoms with van der Waals surface area (Å²) in [6.07, 6.45) is -0.0227. The first-order valence-corrected chi connectivity index (χ1v) is 10.7. The van der Waals surface area contributed by atoms with E-state index in [1.165, 1.54) is 4.90 Å². The zero-order valence-electron chi connectivity index (χ0n) is 19.5. The largest absolute Gasteiger partial charge is 0.503 e. The molecular weight excluding hydrogens is 406 g/mol. The molecule has 0 saturated heterocycles. The molecule has 2 aromatic carbocycles. The van der Waals surface area contributed by atoms with Crippen LogP contribution in [0.1, 0.15) is 51.8 Å². The molecule has 0 spiro atoms. The molecule has 1 N–H and O–H groups in total. The van der Waals surface area contributed by atoms with E-state index >= 15 is 0 Å².